The first-order chi connectivity index (χ1) is 19.6. The number of ether oxygens (including phenoxy) is 2. The van der Waals surface area contributed by atoms with Crippen molar-refractivity contribution in [3.63, 3.8) is 0 Å². The van der Waals surface area contributed by atoms with Crippen molar-refractivity contribution in [2.75, 3.05) is 37.4 Å². The number of carbonyl (C=O) groups is 1. The average Bonchev–Trinajstić information content (AvgIpc) is 3.74. The van der Waals surface area contributed by atoms with Crippen molar-refractivity contribution in [3.05, 3.63) is 77.6 Å². The predicted molar refractivity (Wildman–Crippen MR) is 156 cm³/mol. The van der Waals surface area contributed by atoms with Gasteiger partial charge in [0.25, 0.3) is 0 Å². The molecule has 1 saturated carbocycles. The Kier molecular flexibility index (Phi) is 7.28. The zero-order chi connectivity index (χ0) is 28.8. The number of hydrogen-bond donors (Lipinski definition) is 0. The number of rotatable bonds is 8. The molecule has 2 heterocycles. The second-order valence-corrected chi connectivity index (χ2v) is 13.5. The van der Waals surface area contributed by atoms with Gasteiger partial charge in [-0.1, -0.05) is 12.1 Å². The molecule has 0 atom stereocenters. The Labute approximate surface area is 240 Å². The van der Waals surface area contributed by atoms with Crippen molar-refractivity contribution in [1.82, 2.24) is 4.90 Å². The second kappa shape index (κ2) is 10.8. The van der Waals surface area contributed by atoms with Crippen LogP contribution in [-0.4, -0.2) is 57.5 Å². The van der Waals surface area contributed by atoms with Gasteiger partial charge in [-0.05, 0) is 90.9 Å². The average molecular weight is 579 g/mol. The molecular weight excluding hydrogens is 543 g/mol. The van der Waals surface area contributed by atoms with E-state index in [1.54, 1.807) is 17.0 Å². The van der Waals surface area contributed by atoms with Gasteiger partial charge >= 0.3 is 6.09 Å². The number of benzene rings is 3. The van der Waals surface area contributed by atoms with E-state index in [2.05, 4.69) is 17.0 Å². The molecular formula is C32H35FN2O5S. The van der Waals surface area contributed by atoms with Gasteiger partial charge in [0, 0.05) is 50.0 Å². The summed E-state index contributed by atoms with van der Waals surface area (Å²) >= 11 is 0. The van der Waals surface area contributed by atoms with Crippen LogP contribution in [0.1, 0.15) is 49.7 Å². The van der Waals surface area contributed by atoms with E-state index in [9.17, 15) is 17.6 Å². The zero-order valence-corrected chi connectivity index (χ0v) is 24.3. The molecule has 0 radical (unpaired) electrons. The van der Waals surface area contributed by atoms with E-state index >= 15 is 0 Å². The Morgan fingerprint density at radius 1 is 1.02 bits per heavy atom. The van der Waals surface area contributed by atoms with Gasteiger partial charge in [0.2, 0.25) is 0 Å². The lowest BCUT2D eigenvalue weighted by molar-refractivity contribution is -0.00111. The number of sulfone groups is 1. The normalized spacial score (nSPS) is 19.0. The minimum absolute atomic E-state index is 0.221. The third-order valence-electron chi connectivity index (χ3n) is 8.41. The highest BCUT2D eigenvalue weighted by atomic mass is 32.2. The van der Waals surface area contributed by atoms with E-state index in [1.807, 2.05) is 19.1 Å². The molecule has 0 N–H and O–H groups in total. The lowest BCUT2D eigenvalue weighted by Crippen LogP contribution is -2.46. The molecule has 7 nitrogen and oxygen atoms in total. The molecule has 6 rings (SSSR count). The van der Waals surface area contributed by atoms with E-state index in [0.717, 1.165) is 54.9 Å². The van der Waals surface area contributed by atoms with E-state index in [1.165, 1.54) is 36.1 Å². The SMILES string of the molecule is CCOc1cc(-c2ccc(F)cc2)c(C2CC2)cc1CN1CCC2(CC1)CN(c1ccc(S(C)(=O)=O)cc1)C(=O)O2. The number of hydrogen-bond acceptors (Lipinski definition) is 6. The molecule has 0 bridgehead atoms. The van der Waals surface area contributed by atoms with Crippen molar-refractivity contribution >= 4 is 21.6 Å². The van der Waals surface area contributed by atoms with Crippen LogP contribution < -0.4 is 9.64 Å². The van der Waals surface area contributed by atoms with Gasteiger partial charge in [-0.15, -0.1) is 0 Å². The minimum atomic E-state index is -3.31. The van der Waals surface area contributed by atoms with E-state index in [4.69, 9.17) is 9.47 Å². The van der Waals surface area contributed by atoms with Crippen LogP contribution in [-0.2, 0) is 21.1 Å². The van der Waals surface area contributed by atoms with Crippen molar-refractivity contribution in [1.29, 1.82) is 0 Å². The highest BCUT2D eigenvalue weighted by Crippen LogP contribution is 2.47. The molecule has 0 aromatic heterocycles. The van der Waals surface area contributed by atoms with Crippen molar-refractivity contribution in [3.8, 4) is 16.9 Å². The summed E-state index contributed by atoms with van der Waals surface area (Å²) in [5.41, 5.74) is 4.63. The lowest BCUT2D eigenvalue weighted by Gasteiger charge is -2.37. The quantitative estimate of drug-likeness (QED) is 0.319. The van der Waals surface area contributed by atoms with Gasteiger partial charge < -0.3 is 9.47 Å². The molecule has 2 aliphatic heterocycles. The first kappa shape index (κ1) is 27.7. The summed E-state index contributed by atoms with van der Waals surface area (Å²) in [6, 6.07) is 17.5. The van der Waals surface area contributed by atoms with Crippen LogP contribution in [0.5, 0.6) is 5.75 Å². The van der Waals surface area contributed by atoms with Crippen LogP contribution in [0, 0.1) is 5.82 Å². The zero-order valence-electron chi connectivity index (χ0n) is 23.4. The van der Waals surface area contributed by atoms with Gasteiger partial charge in [-0.25, -0.2) is 17.6 Å². The summed E-state index contributed by atoms with van der Waals surface area (Å²) in [6.45, 7) is 5.27. The third-order valence-corrected chi connectivity index (χ3v) is 9.54. The third kappa shape index (κ3) is 5.83. The topological polar surface area (TPSA) is 76.2 Å². The fourth-order valence-corrected chi connectivity index (χ4v) is 6.61. The molecule has 3 aromatic rings. The number of likely N-dealkylation sites (tertiary alicyclic amines) is 1. The van der Waals surface area contributed by atoms with Crippen LogP contribution in [0.15, 0.2) is 65.6 Å². The number of anilines is 1. The molecule has 2 saturated heterocycles. The van der Waals surface area contributed by atoms with Crippen molar-refractivity contribution in [2.45, 2.75) is 55.6 Å². The lowest BCUT2D eigenvalue weighted by atomic mass is 9.90. The van der Waals surface area contributed by atoms with Crippen molar-refractivity contribution in [2.24, 2.45) is 0 Å². The number of halogens is 1. The Balaban J connectivity index is 1.17. The smallest absolute Gasteiger partial charge is 0.415 e. The highest BCUT2D eigenvalue weighted by Gasteiger charge is 2.47. The largest absolute Gasteiger partial charge is 0.494 e. The first-order valence-corrected chi connectivity index (χ1v) is 16.1. The summed E-state index contributed by atoms with van der Waals surface area (Å²) in [5.74, 6) is 1.13. The van der Waals surface area contributed by atoms with Gasteiger partial charge in [0.15, 0.2) is 9.84 Å². The van der Waals surface area contributed by atoms with Gasteiger partial charge in [-0.2, -0.15) is 0 Å². The fraction of sp³-hybridized carbons (Fsp3) is 0.406. The van der Waals surface area contributed by atoms with Crippen LogP contribution >= 0.6 is 0 Å². The van der Waals surface area contributed by atoms with Crippen LogP contribution in [0.3, 0.4) is 0 Å². The Morgan fingerprint density at radius 2 is 1.71 bits per heavy atom. The summed E-state index contributed by atoms with van der Waals surface area (Å²) < 4.78 is 49.3. The molecule has 1 aliphatic carbocycles. The Morgan fingerprint density at radius 3 is 2.32 bits per heavy atom. The minimum Gasteiger partial charge on any atom is -0.494 e. The Hall–Kier alpha value is -3.43. The predicted octanol–water partition coefficient (Wildman–Crippen LogP) is 6.16. The number of piperidine rings is 1. The van der Waals surface area contributed by atoms with Crippen LogP contribution in [0.25, 0.3) is 11.1 Å². The van der Waals surface area contributed by atoms with Gasteiger partial charge in [-0.3, -0.25) is 9.80 Å². The monoisotopic (exact) mass is 578 g/mol. The second-order valence-electron chi connectivity index (χ2n) is 11.4. The Bertz CT molecular complexity index is 1540. The molecule has 0 unspecified atom stereocenters. The standard InChI is InChI=1S/C32H35FN2O5S/c1-3-39-30-19-29(23-6-8-25(33)9-7-23)28(22-4-5-22)18-24(30)20-34-16-14-32(15-17-34)21-35(31(36)40-32)26-10-12-27(13-11-26)41(2,37)38/h6-13,18-19,22H,3-5,14-17,20-21H2,1-2H3. The van der Waals surface area contributed by atoms with E-state index in [0.29, 0.717) is 37.6 Å². The molecule has 3 aliphatic rings. The molecule has 3 aromatic carbocycles. The summed E-state index contributed by atoms with van der Waals surface area (Å²) in [7, 11) is -3.31. The highest BCUT2D eigenvalue weighted by molar-refractivity contribution is 7.90. The molecule has 216 valence electrons. The van der Waals surface area contributed by atoms with E-state index < -0.39 is 21.5 Å². The summed E-state index contributed by atoms with van der Waals surface area (Å²) in [4.78, 5) is 17.0. The number of carbonyl (C=O) groups excluding carboxylic acids is 1. The number of nitrogens with zero attached hydrogens (tertiary/aromatic N) is 2. The number of amides is 1. The van der Waals surface area contributed by atoms with Crippen LogP contribution in [0.2, 0.25) is 0 Å². The fourth-order valence-electron chi connectivity index (χ4n) is 5.98. The van der Waals surface area contributed by atoms with Crippen LogP contribution in [0.4, 0.5) is 14.9 Å². The maximum absolute atomic E-state index is 13.6. The van der Waals surface area contributed by atoms with Gasteiger partial charge in [0.05, 0.1) is 18.0 Å². The van der Waals surface area contributed by atoms with Gasteiger partial charge in [0.1, 0.15) is 17.2 Å². The van der Waals surface area contributed by atoms with Crippen molar-refractivity contribution < 1.29 is 27.1 Å². The first-order valence-electron chi connectivity index (χ1n) is 14.2. The van der Waals surface area contributed by atoms with E-state index in [-0.39, 0.29) is 10.7 Å². The molecule has 3 fully saturated rings. The summed E-state index contributed by atoms with van der Waals surface area (Å²) in [5, 5.41) is 0. The molecule has 9 heteroatoms. The summed E-state index contributed by atoms with van der Waals surface area (Å²) in [6.07, 6.45) is 4.51. The maximum Gasteiger partial charge on any atom is 0.415 e. The molecule has 1 spiro atoms. The maximum atomic E-state index is 13.6. The molecule has 1 amide bonds. The molecule has 41 heavy (non-hydrogen) atoms.